The summed E-state index contributed by atoms with van der Waals surface area (Å²) in [5.41, 5.74) is 5.92. The molecule has 1 rings (SSSR count). The molecule has 0 aromatic carbocycles. The van der Waals surface area contributed by atoms with Crippen LogP contribution in [0.15, 0.2) is 12.3 Å². The summed E-state index contributed by atoms with van der Waals surface area (Å²) in [7, 11) is 1.83. The van der Waals surface area contributed by atoms with E-state index in [2.05, 4.69) is 4.98 Å². The Morgan fingerprint density at radius 2 is 2.29 bits per heavy atom. The zero-order valence-electron chi connectivity index (χ0n) is 8.63. The molecular formula is C10H16FN3. The third-order valence-electron chi connectivity index (χ3n) is 2.09. The maximum absolute atomic E-state index is 13.7. The van der Waals surface area contributed by atoms with Crippen LogP contribution in [0.4, 0.5) is 10.2 Å². The second-order valence-corrected chi connectivity index (χ2v) is 3.23. The van der Waals surface area contributed by atoms with Crippen LogP contribution in [0, 0.1) is 5.82 Å². The standard InChI is InChI=1S/C10H16FN3/c1-3-6-14(2)10-9(11)8(7-12)4-5-13-10/h4-5H,3,6-7,12H2,1-2H3. The highest BCUT2D eigenvalue weighted by atomic mass is 19.1. The molecule has 0 amide bonds. The van der Waals surface area contributed by atoms with E-state index in [0.717, 1.165) is 13.0 Å². The van der Waals surface area contributed by atoms with Crippen molar-refractivity contribution in [2.24, 2.45) is 5.73 Å². The molecule has 14 heavy (non-hydrogen) atoms. The summed E-state index contributed by atoms with van der Waals surface area (Å²) in [6.45, 7) is 3.04. The lowest BCUT2D eigenvalue weighted by Crippen LogP contribution is -2.21. The Kier molecular flexibility index (Phi) is 3.83. The third kappa shape index (κ3) is 2.20. The molecule has 0 bridgehead atoms. The molecule has 0 aliphatic heterocycles. The third-order valence-corrected chi connectivity index (χ3v) is 2.09. The fraction of sp³-hybridized carbons (Fsp3) is 0.500. The first-order valence-corrected chi connectivity index (χ1v) is 4.75. The summed E-state index contributed by atoms with van der Waals surface area (Å²) in [5, 5.41) is 0. The Balaban J connectivity index is 2.96. The average molecular weight is 197 g/mol. The Labute approximate surface area is 83.7 Å². The van der Waals surface area contributed by atoms with E-state index in [1.54, 1.807) is 17.2 Å². The van der Waals surface area contributed by atoms with Gasteiger partial charge < -0.3 is 10.6 Å². The maximum Gasteiger partial charge on any atom is 0.170 e. The van der Waals surface area contributed by atoms with E-state index < -0.39 is 0 Å². The SMILES string of the molecule is CCCN(C)c1nccc(CN)c1F. The highest BCUT2D eigenvalue weighted by Gasteiger charge is 2.11. The van der Waals surface area contributed by atoms with E-state index in [9.17, 15) is 4.39 Å². The predicted molar refractivity (Wildman–Crippen MR) is 55.6 cm³/mol. The summed E-state index contributed by atoms with van der Waals surface area (Å²) in [6.07, 6.45) is 2.55. The summed E-state index contributed by atoms with van der Waals surface area (Å²) in [6, 6.07) is 1.61. The maximum atomic E-state index is 13.7. The Morgan fingerprint density at radius 1 is 1.57 bits per heavy atom. The van der Waals surface area contributed by atoms with Crippen molar-refractivity contribution in [2.45, 2.75) is 19.9 Å². The number of pyridine rings is 1. The van der Waals surface area contributed by atoms with E-state index in [4.69, 9.17) is 5.73 Å². The van der Waals surface area contributed by atoms with Gasteiger partial charge in [0.05, 0.1) is 0 Å². The van der Waals surface area contributed by atoms with Gasteiger partial charge in [0.2, 0.25) is 0 Å². The van der Waals surface area contributed by atoms with Crippen molar-refractivity contribution in [3.05, 3.63) is 23.6 Å². The van der Waals surface area contributed by atoms with Crippen LogP contribution < -0.4 is 10.6 Å². The van der Waals surface area contributed by atoms with Crippen molar-refractivity contribution >= 4 is 5.82 Å². The largest absolute Gasteiger partial charge is 0.357 e. The summed E-state index contributed by atoms with van der Waals surface area (Å²) < 4.78 is 13.7. The van der Waals surface area contributed by atoms with Crippen LogP contribution in [-0.2, 0) is 6.54 Å². The lowest BCUT2D eigenvalue weighted by Gasteiger charge is -2.18. The van der Waals surface area contributed by atoms with E-state index >= 15 is 0 Å². The van der Waals surface area contributed by atoms with Gasteiger partial charge in [-0.1, -0.05) is 6.92 Å². The minimum Gasteiger partial charge on any atom is -0.357 e. The normalized spacial score (nSPS) is 10.3. The molecule has 0 saturated heterocycles. The van der Waals surface area contributed by atoms with Gasteiger partial charge in [-0.15, -0.1) is 0 Å². The lowest BCUT2D eigenvalue weighted by molar-refractivity contribution is 0.598. The van der Waals surface area contributed by atoms with E-state index in [0.29, 0.717) is 11.4 Å². The molecule has 4 heteroatoms. The molecule has 0 aliphatic carbocycles. The van der Waals surface area contributed by atoms with Gasteiger partial charge in [-0.2, -0.15) is 0 Å². The molecule has 1 heterocycles. The molecule has 0 fully saturated rings. The number of halogens is 1. The monoisotopic (exact) mass is 197 g/mol. The number of nitrogens with zero attached hydrogens (tertiary/aromatic N) is 2. The van der Waals surface area contributed by atoms with Gasteiger partial charge in [-0.05, 0) is 12.5 Å². The van der Waals surface area contributed by atoms with E-state index in [-0.39, 0.29) is 12.4 Å². The van der Waals surface area contributed by atoms with Gasteiger partial charge in [-0.3, -0.25) is 0 Å². The first-order valence-electron chi connectivity index (χ1n) is 4.75. The van der Waals surface area contributed by atoms with Gasteiger partial charge in [0, 0.05) is 31.9 Å². The summed E-state index contributed by atoms with van der Waals surface area (Å²) in [5.74, 6) is 0.0840. The summed E-state index contributed by atoms with van der Waals surface area (Å²) >= 11 is 0. The molecule has 0 saturated carbocycles. The van der Waals surface area contributed by atoms with Crippen LogP contribution in [0.3, 0.4) is 0 Å². The molecular weight excluding hydrogens is 181 g/mol. The fourth-order valence-electron chi connectivity index (χ4n) is 1.34. The molecule has 1 aromatic rings. The number of anilines is 1. The Bertz CT molecular complexity index is 301. The smallest absolute Gasteiger partial charge is 0.170 e. The summed E-state index contributed by atoms with van der Waals surface area (Å²) in [4.78, 5) is 5.80. The van der Waals surface area contributed by atoms with E-state index in [1.165, 1.54) is 0 Å². The minimum atomic E-state index is -0.300. The van der Waals surface area contributed by atoms with Gasteiger partial charge in [-0.25, -0.2) is 9.37 Å². The number of hydrogen-bond acceptors (Lipinski definition) is 3. The van der Waals surface area contributed by atoms with Gasteiger partial charge in [0.15, 0.2) is 11.6 Å². The van der Waals surface area contributed by atoms with Crippen LogP contribution in [0.1, 0.15) is 18.9 Å². The lowest BCUT2D eigenvalue weighted by atomic mass is 10.2. The van der Waals surface area contributed by atoms with Gasteiger partial charge >= 0.3 is 0 Å². The number of nitrogens with two attached hydrogens (primary N) is 1. The number of rotatable bonds is 4. The zero-order chi connectivity index (χ0) is 10.6. The van der Waals surface area contributed by atoms with Crippen LogP contribution in [0.2, 0.25) is 0 Å². The highest BCUT2D eigenvalue weighted by Crippen LogP contribution is 2.17. The second kappa shape index (κ2) is 4.91. The van der Waals surface area contributed by atoms with Crippen molar-refractivity contribution < 1.29 is 4.39 Å². The molecule has 2 N–H and O–H groups in total. The van der Waals surface area contributed by atoms with Crippen molar-refractivity contribution in [2.75, 3.05) is 18.5 Å². The fourth-order valence-corrected chi connectivity index (χ4v) is 1.34. The Morgan fingerprint density at radius 3 is 2.86 bits per heavy atom. The van der Waals surface area contributed by atoms with Crippen LogP contribution >= 0.6 is 0 Å². The molecule has 1 aromatic heterocycles. The second-order valence-electron chi connectivity index (χ2n) is 3.23. The van der Waals surface area contributed by atoms with Crippen LogP contribution in [0.25, 0.3) is 0 Å². The molecule has 0 spiro atoms. The topological polar surface area (TPSA) is 42.2 Å². The Hall–Kier alpha value is -1.16. The molecule has 0 unspecified atom stereocenters. The van der Waals surface area contributed by atoms with Gasteiger partial charge in [0.25, 0.3) is 0 Å². The van der Waals surface area contributed by atoms with Crippen LogP contribution in [0.5, 0.6) is 0 Å². The van der Waals surface area contributed by atoms with Crippen molar-refractivity contribution in [3.8, 4) is 0 Å². The van der Waals surface area contributed by atoms with Crippen molar-refractivity contribution in [1.82, 2.24) is 4.98 Å². The van der Waals surface area contributed by atoms with Crippen molar-refractivity contribution in [1.29, 1.82) is 0 Å². The molecule has 0 radical (unpaired) electrons. The number of aromatic nitrogens is 1. The quantitative estimate of drug-likeness (QED) is 0.795. The first kappa shape index (κ1) is 10.9. The molecule has 3 nitrogen and oxygen atoms in total. The average Bonchev–Trinajstić information content (AvgIpc) is 2.18. The molecule has 0 atom stereocenters. The predicted octanol–water partition coefficient (Wildman–Crippen LogP) is 1.53. The molecule has 78 valence electrons. The minimum absolute atomic E-state index is 0.210. The van der Waals surface area contributed by atoms with Gasteiger partial charge in [0.1, 0.15) is 0 Å². The van der Waals surface area contributed by atoms with Crippen LogP contribution in [-0.4, -0.2) is 18.6 Å². The highest BCUT2D eigenvalue weighted by molar-refractivity contribution is 5.42. The first-order chi connectivity index (χ1) is 6.70. The zero-order valence-corrected chi connectivity index (χ0v) is 8.63. The molecule has 0 aliphatic rings. The van der Waals surface area contributed by atoms with E-state index in [1.807, 2.05) is 14.0 Å². The van der Waals surface area contributed by atoms with Crippen molar-refractivity contribution in [3.63, 3.8) is 0 Å². The number of hydrogen-bond donors (Lipinski definition) is 1.